The molecule has 4 heteroatoms. The van der Waals surface area contributed by atoms with Crippen molar-refractivity contribution in [1.82, 2.24) is 10.2 Å². The van der Waals surface area contributed by atoms with Gasteiger partial charge in [0.1, 0.15) is 5.54 Å². The zero-order valence-electron chi connectivity index (χ0n) is 18.5. The number of carbonyl (C=O) groups is 1. The molecule has 1 spiro atoms. The Morgan fingerprint density at radius 3 is 2.21 bits per heavy atom. The maximum atomic E-state index is 13.1. The summed E-state index contributed by atoms with van der Waals surface area (Å²) in [5.74, 6) is 0.233. The average Bonchev–Trinajstić information content (AvgIpc) is 2.96. The number of carbonyl (C=O) groups excluding carboxylic acids is 1. The first kappa shape index (κ1) is 20.7. The largest absolute Gasteiger partial charge is 0.337 e. The molecule has 1 N–H and O–H groups in total. The van der Waals surface area contributed by atoms with Crippen molar-refractivity contribution in [2.45, 2.75) is 102 Å². The molecular formula is C25H39N3O. The number of anilines is 1. The van der Waals surface area contributed by atoms with Crippen molar-refractivity contribution in [3.63, 3.8) is 0 Å². The van der Waals surface area contributed by atoms with Crippen molar-refractivity contribution in [2.75, 3.05) is 18.0 Å². The standard InChI is InChI=1S/C25H39N3O/c1-20-11-10-14-23(19-20)28-21(2)26-24(29)25(28)15-17-27(18-16-25)22-12-8-6-4-3-5-7-9-13-22/h10-11,14,19,21-22H,3-9,12-13,15-18H2,1-2H3,(H,26,29). The van der Waals surface area contributed by atoms with Crippen LogP contribution in [0.15, 0.2) is 24.3 Å². The van der Waals surface area contributed by atoms with Crippen LogP contribution in [0.5, 0.6) is 0 Å². The van der Waals surface area contributed by atoms with Gasteiger partial charge < -0.3 is 15.1 Å². The van der Waals surface area contributed by atoms with Crippen molar-refractivity contribution in [3.05, 3.63) is 29.8 Å². The lowest BCUT2D eigenvalue weighted by Gasteiger charge is -2.46. The number of nitrogens with one attached hydrogen (secondary N) is 1. The van der Waals surface area contributed by atoms with Crippen molar-refractivity contribution in [3.8, 4) is 0 Å². The summed E-state index contributed by atoms with van der Waals surface area (Å²) in [5, 5.41) is 3.24. The summed E-state index contributed by atoms with van der Waals surface area (Å²) in [6.45, 7) is 6.36. The summed E-state index contributed by atoms with van der Waals surface area (Å²) >= 11 is 0. The smallest absolute Gasteiger partial charge is 0.247 e. The molecule has 4 nitrogen and oxygen atoms in total. The van der Waals surface area contributed by atoms with E-state index in [0.717, 1.165) is 32.0 Å². The van der Waals surface area contributed by atoms with Crippen molar-refractivity contribution < 1.29 is 4.79 Å². The molecule has 160 valence electrons. The van der Waals surface area contributed by atoms with Gasteiger partial charge in [-0.1, -0.05) is 57.1 Å². The Bertz CT molecular complexity index is 685. The molecule has 3 fully saturated rings. The lowest BCUT2D eigenvalue weighted by atomic mass is 9.84. The number of hydrogen-bond acceptors (Lipinski definition) is 3. The van der Waals surface area contributed by atoms with Gasteiger partial charge in [0.25, 0.3) is 0 Å². The minimum atomic E-state index is -0.375. The van der Waals surface area contributed by atoms with Crippen LogP contribution in [0.1, 0.15) is 83.1 Å². The van der Waals surface area contributed by atoms with E-state index in [4.69, 9.17) is 0 Å². The quantitative estimate of drug-likeness (QED) is 0.762. The Hall–Kier alpha value is -1.55. The highest BCUT2D eigenvalue weighted by Crippen LogP contribution is 2.40. The highest BCUT2D eigenvalue weighted by atomic mass is 16.2. The molecule has 2 saturated heterocycles. The number of nitrogens with zero attached hydrogens (tertiary/aromatic N) is 2. The van der Waals surface area contributed by atoms with E-state index in [2.05, 4.69) is 53.2 Å². The third kappa shape index (κ3) is 4.33. The van der Waals surface area contributed by atoms with Gasteiger partial charge in [-0.25, -0.2) is 0 Å². The van der Waals surface area contributed by atoms with Gasteiger partial charge in [-0.2, -0.15) is 0 Å². The van der Waals surface area contributed by atoms with Crippen LogP contribution in [-0.2, 0) is 4.79 Å². The van der Waals surface area contributed by atoms with Crippen LogP contribution in [0, 0.1) is 6.92 Å². The van der Waals surface area contributed by atoms with Crippen LogP contribution in [0.2, 0.25) is 0 Å². The third-order valence-corrected chi connectivity index (χ3v) is 7.61. The highest BCUT2D eigenvalue weighted by molar-refractivity contribution is 5.94. The van der Waals surface area contributed by atoms with E-state index < -0.39 is 0 Å². The first-order valence-electron chi connectivity index (χ1n) is 12.0. The molecule has 4 rings (SSSR count). The molecule has 1 aromatic carbocycles. The molecule has 3 aliphatic rings. The minimum Gasteiger partial charge on any atom is -0.337 e. The summed E-state index contributed by atoms with van der Waals surface area (Å²) in [6, 6.07) is 9.36. The average molecular weight is 398 g/mol. The zero-order chi connectivity index (χ0) is 20.3. The van der Waals surface area contributed by atoms with E-state index in [1.54, 1.807) is 0 Å². The van der Waals surface area contributed by atoms with Gasteiger partial charge in [0.2, 0.25) is 5.91 Å². The van der Waals surface area contributed by atoms with Crippen LogP contribution in [0.3, 0.4) is 0 Å². The molecule has 0 radical (unpaired) electrons. The predicted molar refractivity (Wildman–Crippen MR) is 120 cm³/mol. The minimum absolute atomic E-state index is 0.0597. The van der Waals surface area contributed by atoms with Crippen molar-refractivity contribution in [2.24, 2.45) is 0 Å². The maximum Gasteiger partial charge on any atom is 0.247 e. The van der Waals surface area contributed by atoms with Crippen LogP contribution in [0.25, 0.3) is 0 Å². The zero-order valence-corrected chi connectivity index (χ0v) is 18.5. The Kier molecular flexibility index (Phi) is 6.48. The number of rotatable bonds is 2. The number of amides is 1. The number of aryl methyl sites for hydroxylation is 1. The van der Waals surface area contributed by atoms with Crippen molar-refractivity contribution >= 4 is 11.6 Å². The molecule has 29 heavy (non-hydrogen) atoms. The molecule has 2 heterocycles. The molecule has 1 saturated carbocycles. The number of benzene rings is 1. The molecule has 1 aliphatic carbocycles. The molecule has 0 aromatic heterocycles. The Morgan fingerprint density at radius 2 is 1.59 bits per heavy atom. The van der Waals surface area contributed by atoms with E-state index in [1.165, 1.54) is 69.0 Å². The molecule has 0 bridgehead atoms. The summed E-state index contributed by atoms with van der Waals surface area (Å²) in [7, 11) is 0. The summed E-state index contributed by atoms with van der Waals surface area (Å²) in [6.07, 6.45) is 14.4. The fraction of sp³-hybridized carbons (Fsp3) is 0.720. The second-order valence-electron chi connectivity index (χ2n) is 9.63. The van der Waals surface area contributed by atoms with Crippen LogP contribution < -0.4 is 10.2 Å². The van der Waals surface area contributed by atoms with Crippen LogP contribution in [0.4, 0.5) is 5.69 Å². The molecule has 1 amide bonds. The first-order valence-corrected chi connectivity index (χ1v) is 12.0. The highest BCUT2D eigenvalue weighted by Gasteiger charge is 2.53. The predicted octanol–water partition coefficient (Wildman–Crippen LogP) is 5.00. The van der Waals surface area contributed by atoms with Crippen LogP contribution >= 0.6 is 0 Å². The SMILES string of the molecule is Cc1cccc(N2C(C)NC(=O)C23CCN(C2CCCCCCCCC2)CC3)c1. The van der Waals surface area contributed by atoms with Gasteiger partial charge in [-0.15, -0.1) is 0 Å². The molecule has 1 aromatic rings. The Morgan fingerprint density at radius 1 is 0.966 bits per heavy atom. The van der Waals surface area contributed by atoms with Gasteiger partial charge in [0, 0.05) is 24.8 Å². The van der Waals surface area contributed by atoms with Gasteiger partial charge in [0.15, 0.2) is 0 Å². The monoisotopic (exact) mass is 397 g/mol. The maximum absolute atomic E-state index is 13.1. The fourth-order valence-electron chi connectivity index (χ4n) is 6.00. The van der Waals surface area contributed by atoms with E-state index >= 15 is 0 Å². The van der Waals surface area contributed by atoms with Gasteiger partial charge >= 0.3 is 0 Å². The molecule has 2 aliphatic heterocycles. The second kappa shape index (κ2) is 9.07. The number of piperidine rings is 1. The summed E-state index contributed by atoms with van der Waals surface area (Å²) in [4.78, 5) is 18.2. The normalized spacial score (nSPS) is 27.2. The Labute approximate surface area is 177 Å². The van der Waals surface area contributed by atoms with E-state index in [9.17, 15) is 4.79 Å². The van der Waals surface area contributed by atoms with E-state index in [0.29, 0.717) is 0 Å². The van der Waals surface area contributed by atoms with E-state index in [-0.39, 0.29) is 17.6 Å². The van der Waals surface area contributed by atoms with Crippen molar-refractivity contribution in [1.29, 1.82) is 0 Å². The summed E-state index contributed by atoms with van der Waals surface area (Å²) < 4.78 is 0. The van der Waals surface area contributed by atoms with Gasteiger partial charge in [-0.3, -0.25) is 4.79 Å². The van der Waals surface area contributed by atoms with Crippen LogP contribution in [-0.4, -0.2) is 41.6 Å². The Balaban J connectivity index is 1.47. The second-order valence-corrected chi connectivity index (χ2v) is 9.63. The number of likely N-dealkylation sites (tertiary alicyclic amines) is 1. The lowest BCUT2D eigenvalue weighted by molar-refractivity contribution is -0.125. The molecule has 1 atom stereocenters. The van der Waals surface area contributed by atoms with E-state index in [1.807, 2.05) is 0 Å². The first-order chi connectivity index (χ1) is 14.1. The lowest BCUT2D eigenvalue weighted by Crippen LogP contribution is -2.58. The molecular weight excluding hydrogens is 358 g/mol. The fourth-order valence-corrected chi connectivity index (χ4v) is 6.00. The molecule has 1 unspecified atom stereocenters. The van der Waals surface area contributed by atoms with Gasteiger partial charge in [0.05, 0.1) is 6.17 Å². The third-order valence-electron chi connectivity index (χ3n) is 7.61. The summed E-state index contributed by atoms with van der Waals surface area (Å²) in [5.41, 5.74) is 2.06. The van der Waals surface area contributed by atoms with Gasteiger partial charge in [-0.05, 0) is 57.2 Å². The number of hydrogen-bond donors (Lipinski definition) is 1. The topological polar surface area (TPSA) is 35.6 Å².